The molecule has 0 spiro atoms. The van der Waals surface area contributed by atoms with Crippen LogP contribution in [0.15, 0.2) is 41.1 Å². The van der Waals surface area contributed by atoms with E-state index in [9.17, 15) is 0 Å². The molecule has 1 aromatic heterocycles. The first-order valence-electron chi connectivity index (χ1n) is 6.49. The van der Waals surface area contributed by atoms with E-state index in [1.807, 2.05) is 24.3 Å². The highest BCUT2D eigenvalue weighted by Crippen LogP contribution is 2.33. The Labute approximate surface area is 126 Å². The lowest BCUT2D eigenvalue weighted by atomic mass is 10.0. The fraction of sp³-hybridized carbons (Fsp3) is 0.267. The molecular formula is C15H15BrN2O2. The van der Waals surface area contributed by atoms with Gasteiger partial charge >= 0.3 is 0 Å². The van der Waals surface area contributed by atoms with E-state index in [0.717, 1.165) is 33.5 Å². The summed E-state index contributed by atoms with van der Waals surface area (Å²) in [6.07, 6.45) is 4.41. The van der Waals surface area contributed by atoms with E-state index in [1.54, 1.807) is 12.4 Å². The predicted molar refractivity (Wildman–Crippen MR) is 80.0 cm³/mol. The summed E-state index contributed by atoms with van der Waals surface area (Å²) >= 11 is 3.41. The van der Waals surface area contributed by atoms with Crippen LogP contribution in [0.4, 0.5) is 0 Å². The molecule has 104 valence electrons. The number of halogens is 1. The zero-order valence-electron chi connectivity index (χ0n) is 10.9. The zero-order valence-corrected chi connectivity index (χ0v) is 12.5. The molecule has 4 nitrogen and oxygen atoms in total. The van der Waals surface area contributed by atoms with Crippen molar-refractivity contribution in [1.29, 1.82) is 0 Å². The third kappa shape index (κ3) is 2.78. The summed E-state index contributed by atoms with van der Waals surface area (Å²) < 4.78 is 12.2. The number of hydrogen-bond donors (Lipinski definition) is 1. The molecule has 1 aromatic carbocycles. The van der Waals surface area contributed by atoms with E-state index < -0.39 is 0 Å². The number of pyridine rings is 1. The minimum absolute atomic E-state index is 0.239. The van der Waals surface area contributed by atoms with Gasteiger partial charge in [-0.05, 0) is 45.3 Å². The second-order valence-electron chi connectivity index (χ2n) is 4.67. The molecule has 1 aliphatic heterocycles. The predicted octanol–water partition coefficient (Wildman–Crippen LogP) is 3.05. The maximum atomic E-state index is 6.30. The average Bonchev–Trinajstić information content (AvgIpc) is 2.71. The molecular weight excluding hydrogens is 320 g/mol. The summed E-state index contributed by atoms with van der Waals surface area (Å²) in [5.41, 5.74) is 8.23. The quantitative estimate of drug-likeness (QED) is 0.916. The third-order valence-electron chi connectivity index (χ3n) is 3.22. The molecule has 1 atom stereocenters. The third-order valence-corrected chi connectivity index (χ3v) is 3.65. The van der Waals surface area contributed by atoms with E-state index in [4.69, 9.17) is 15.2 Å². The Morgan fingerprint density at radius 3 is 2.65 bits per heavy atom. The SMILES string of the molecule is NC(c1cncc(Br)c1)c1ccc2c(c1)OCCCO2. The van der Waals surface area contributed by atoms with Gasteiger partial charge in [0.2, 0.25) is 0 Å². The number of nitrogens with two attached hydrogens (primary N) is 1. The van der Waals surface area contributed by atoms with Crippen molar-refractivity contribution in [3.05, 3.63) is 52.3 Å². The van der Waals surface area contributed by atoms with Crippen molar-refractivity contribution < 1.29 is 9.47 Å². The van der Waals surface area contributed by atoms with Crippen molar-refractivity contribution in [2.45, 2.75) is 12.5 Å². The number of rotatable bonds is 2. The lowest BCUT2D eigenvalue weighted by molar-refractivity contribution is 0.297. The maximum absolute atomic E-state index is 6.30. The molecule has 2 N–H and O–H groups in total. The molecule has 0 bridgehead atoms. The zero-order chi connectivity index (χ0) is 13.9. The first-order valence-corrected chi connectivity index (χ1v) is 7.29. The van der Waals surface area contributed by atoms with E-state index in [0.29, 0.717) is 13.2 Å². The largest absolute Gasteiger partial charge is 0.490 e. The van der Waals surface area contributed by atoms with E-state index in [1.165, 1.54) is 0 Å². The van der Waals surface area contributed by atoms with Crippen molar-refractivity contribution in [1.82, 2.24) is 4.98 Å². The van der Waals surface area contributed by atoms with Crippen molar-refractivity contribution in [3.63, 3.8) is 0 Å². The van der Waals surface area contributed by atoms with Gasteiger partial charge in [-0.1, -0.05) is 6.07 Å². The van der Waals surface area contributed by atoms with Crippen LogP contribution in [0.5, 0.6) is 11.5 Å². The minimum atomic E-state index is -0.239. The number of hydrogen-bond acceptors (Lipinski definition) is 4. The first-order chi connectivity index (χ1) is 9.74. The summed E-state index contributed by atoms with van der Waals surface area (Å²) in [4.78, 5) is 4.15. The number of ether oxygens (including phenoxy) is 2. The highest BCUT2D eigenvalue weighted by atomic mass is 79.9. The summed E-state index contributed by atoms with van der Waals surface area (Å²) in [6.45, 7) is 1.36. The van der Waals surface area contributed by atoms with E-state index >= 15 is 0 Å². The fourth-order valence-corrected chi connectivity index (χ4v) is 2.55. The molecule has 0 saturated heterocycles. The molecule has 0 fully saturated rings. The average molecular weight is 335 g/mol. The van der Waals surface area contributed by atoms with Crippen LogP contribution in [0, 0.1) is 0 Å². The van der Waals surface area contributed by atoms with Crippen LogP contribution in [-0.4, -0.2) is 18.2 Å². The molecule has 2 heterocycles. The molecule has 0 amide bonds. The summed E-state index contributed by atoms with van der Waals surface area (Å²) in [6, 6.07) is 7.57. The van der Waals surface area contributed by atoms with Gasteiger partial charge in [0.05, 0.1) is 19.3 Å². The van der Waals surface area contributed by atoms with E-state index in [-0.39, 0.29) is 6.04 Å². The fourth-order valence-electron chi connectivity index (χ4n) is 2.16. The molecule has 1 aliphatic rings. The van der Waals surface area contributed by atoms with Crippen molar-refractivity contribution in [2.75, 3.05) is 13.2 Å². The Morgan fingerprint density at radius 2 is 1.85 bits per heavy atom. The van der Waals surface area contributed by atoms with Gasteiger partial charge in [0.1, 0.15) is 0 Å². The highest BCUT2D eigenvalue weighted by Gasteiger charge is 2.15. The second kappa shape index (κ2) is 5.81. The molecule has 0 saturated carbocycles. The first kappa shape index (κ1) is 13.4. The van der Waals surface area contributed by atoms with Gasteiger partial charge in [0.25, 0.3) is 0 Å². The minimum Gasteiger partial charge on any atom is -0.490 e. The number of benzene rings is 1. The Balaban J connectivity index is 1.92. The van der Waals surface area contributed by atoms with Crippen LogP contribution in [0.25, 0.3) is 0 Å². The van der Waals surface area contributed by atoms with Gasteiger partial charge in [0.15, 0.2) is 11.5 Å². The molecule has 2 aromatic rings. The van der Waals surface area contributed by atoms with Gasteiger partial charge in [-0.15, -0.1) is 0 Å². The summed E-state index contributed by atoms with van der Waals surface area (Å²) in [7, 11) is 0. The van der Waals surface area contributed by atoms with Crippen LogP contribution in [0.2, 0.25) is 0 Å². The van der Waals surface area contributed by atoms with Gasteiger partial charge in [-0.25, -0.2) is 0 Å². The van der Waals surface area contributed by atoms with Crippen molar-refractivity contribution >= 4 is 15.9 Å². The number of aromatic nitrogens is 1. The normalized spacial score (nSPS) is 15.5. The molecule has 20 heavy (non-hydrogen) atoms. The van der Waals surface area contributed by atoms with Crippen molar-refractivity contribution in [3.8, 4) is 11.5 Å². The number of nitrogens with zero attached hydrogens (tertiary/aromatic N) is 1. The summed E-state index contributed by atoms with van der Waals surface area (Å²) in [5, 5.41) is 0. The number of fused-ring (bicyclic) bond motifs is 1. The lowest BCUT2D eigenvalue weighted by Crippen LogP contribution is -2.12. The topological polar surface area (TPSA) is 57.4 Å². The Morgan fingerprint density at radius 1 is 1.05 bits per heavy atom. The highest BCUT2D eigenvalue weighted by molar-refractivity contribution is 9.10. The standard InChI is InChI=1S/C15H15BrN2O2/c16-12-6-11(8-18-9-12)15(17)10-2-3-13-14(7-10)20-5-1-4-19-13/h2-3,6-9,15H,1,4-5,17H2. The molecule has 3 rings (SSSR count). The van der Waals surface area contributed by atoms with Gasteiger partial charge in [0, 0.05) is 23.3 Å². The van der Waals surface area contributed by atoms with Gasteiger partial charge < -0.3 is 15.2 Å². The maximum Gasteiger partial charge on any atom is 0.161 e. The Hall–Kier alpha value is -1.59. The second-order valence-corrected chi connectivity index (χ2v) is 5.59. The van der Waals surface area contributed by atoms with Crippen LogP contribution < -0.4 is 15.2 Å². The van der Waals surface area contributed by atoms with Crippen LogP contribution >= 0.6 is 15.9 Å². The molecule has 1 unspecified atom stereocenters. The summed E-state index contributed by atoms with van der Waals surface area (Å²) in [5.74, 6) is 1.55. The molecule has 0 radical (unpaired) electrons. The van der Waals surface area contributed by atoms with E-state index in [2.05, 4.69) is 20.9 Å². The Bertz CT molecular complexity index is 619. The monoisotopic (exact) mass is 334 g/mol. The Kier molecular flexibility index (Phi) is 3.89. The van der Waals surface area contributed by atoms with Gasteiger partial charge in [-0.2, -0.15) is 0 Å². The van der Waals surface area contributed by atoms with Crippen LogP contribution in [0.3, 0.4) is 0 Å². The molecule has 0 aliphatic carbocycles. The van der Waals surface area contributed by atoms with Gasteiger partial charge in [-0.3, -0.25) is 4.98 Å². The van der Waals surface area contributed by atoms with Crippen molar-refractivity contribution in [2.24, 2.45) is 5.73 Å². The smallest absolute Gasteiger partial charge is 0.161 e. The lowest BCUT2D eigenvalue weighted by Gasteiger charge is -2.15. The van der Waals surface area contributed by atoms with Crippen LogP contribution in [-0.2, 0) is 0 Å². The van der Waals surface area contributed by atoms with Crippen LogP contribution in [0.1, 0.15) is 23.6 Å². The molecule has 5 heteroatoms.